The van der Waals surface area contributed by atoms with E-state index in [-0.39, 0.29) is 47.8 Å². The molecule has 176 valence electrons. The Morgan fingerprint density at radius 1 is 1.09 bits per heavy atom. The van der Waals surface area contributed by atoms with Crippen LogP contribution in [0.4, 0.5) is 32.0 Å². The first kappa shape index (κ1) is 22.2. The predicted octanol–water partition coefficient (Wildman–Crippen LogP) is 5.38. The fourth-order valence-corrected chi connectivity index (χ4v) is 4.43. The van der Waals surface area contributed by atoms with E-state index in [1.807, 2.05) is 0 Å². The number of nitrogens with zero attached hydrogens (tertiary/aromatic N) is 5. The highest BCUT2D eigenvalue weighted by Crippen LogP contribution is 2.49. The molecule has 5 rings (SSSR count). The number of rotatable bonds is 4. The van der Waals surface area contributed by atoms with Crippen molar-refractivity contribution in [3.63, 3.8) is 0 Å². The fraction of sp³-hybridized carbons (Fsp3) is 0.364. The minimum Gasteiger partial charge on any atom is -0.360 e. The molecule has 2 aromatic heterocycles. The van der Waals surface area contributed by atoms with Gasteiger partial charge in [-0.05, 0) is 48.9 Å². The molecule has 1 aromatic carbocycles. The molecule has 0 saturated heterocycles. The van der Waals surface area contributed by atoms with Gasteiger partial charge in [0, 0.05) is 24.1 Å². The highest BCUT2D eigenvalue weighted by Gasteiger charge is 2.46. The van der Waals surface area contributed by atoms with E-state index < -0.39 is 29.0 Å². The SMILES string of the molecule is N#Cc1ccc2c(c1C(F)(F)F)CC(C1CC1)N2Cc1noc(-c2cncc(C(F)(F)F)c2)n1. The zero-order valence-electron chi connectivity index (χ0n) is 17.3. The highest BCUT2D eigenvalue weighted by molar-refractivity contribution is 5.67. The summed E-state index contributed by atoms with van der Waals surface area (Å²) >= 11 is 0. The molecule has 1 unspecified atom stereocenters. The van der Waals surface area contributed by atoms with E-state index in [0.29, 0.717) is 11.9 Å². The minimum absolute atomic E-state index is 0.00720. The Morgan fingerprint density at radius 2 is 1.85 bits per heavy atom. The van der Waals surface area contributed by atoms with Crippen LogP contribution in [0.25, 0.3) is 11.5 Å². The molecule has 0 N–H and O–H groups in total. The Kier molecular flexibility index (Phi) is 5.03. The van der Waals surface area contributed by atoms with E-state index in [1.165, 1.54) is 6.07 Å². The van der Waals surface area contributed by atoms with Crippen LogP contribution < -0.4 is 4.90 Å². The average molecular weight is 479 g/mol. The van der Waals surface area contributed by atoms with Crippen molar-refractivity contribution in [3.05, 3.63) is 58.7 Å². The van der Waals surface area contributed by atoms with Crippen LogP contribution in [0, 0.1) is 17.2 Å². The molecule has 0 spiro atoms. The molecule has 34 heavy (non-hydrogen) atoms. The number of halogens is 6. The average Bonchev–Trinajstić information content (AvgIpc) is 3.41. The summed E-state index contributed by atoms with van der Waals surface area (Å²) in [7, 11) is 0. The number of hydrogen-bond donors (Lipinski definition) is 0. The first-order valence-electron chi connectivity index (χ1n) is 10.3. The maximum atomic E-state index is 13.8. The van der Waals surface area contributed by atoms with Gasteiger partial charge in [0.05, 0.1) is 34.9 Å². The van der Waals surface area contributed by atoms with Gasteiger partial charge in [0.2, 0.25) is 0 Å². The third-order valence-electron chi connectivity index (χ3n) is 6.07. The normalized spacial score (nSPS) is 18.1. The van der Waals surface area contributed by atoms with Gasteiger partial charge in [0.1, 0.15) is 0 Å². The van der Waals surface area contributed by atoms with Crippen LogP contribution in [0.2, 0.25) is 0 Å². The molecule has 3 aromatic rings. The van der Waals surface area contributed by atoms with Crippen molar-refractivity contribution in [2.45, 2.75) is 44.2 Å². The molecular formula is C22H15F6N5O. The summed E-state index contributed by atoms with van der Waals surface area (Å²) in [5.74, 6) is 0.133. The number of fused-ring (bicyclic) bond motifs is 1. The van der Waals surface area contributed by atoms with Gasteiger partial charge in [-0.3, -0.25) is 4.98 Å². The van der Waals surface area contributed by atoms with Gasteiger partial charge in [-0.2, -0.15) is 36.6 Å². The number of anilines is 1. The van der Waals surface area contributed by atoms with E-state index in [2.05, 4.69) is 15.1 Å². The van der Waals surface area contributed by atoms with E-state index in [9.17, 15) is 31.6 Å². The summed E-state index contributed by atoms with van der Waals surface area (Å²) in [5.41, 5.74) is -1.94. The van der Waals surface area contributed by atoms with E-state index >= 15 is 0 Å². The molecule has 1 saturated carbocycles. The Balaban J connectivity index is 1.48. The summed E-state index contributed by atoms with van der Waals surface area (Å²) in [4.78, 5) is 9.50. The molecule has 1 aliphatic heterocycles. The number of pyridine rings is 1. The summed E-state index contributed by atoms with van der Waals surface area (Å²) in [6.45, 7) is 0.00720. The molecule has 0 radical (unpaired) electrons. The Hall–Kier alpha value is -3.62. The quantitative estimate of drug-likeness (QED) is 0.468. The highest BCUT2D eigenvalue weighted by atomic mass is 19.4. The summed E-state index contributed by atoms with van der Waals surface area (Å²) in [5, 5.41) is 13.0. The van der Waals surface area contributed by atoms with Crippen LogP contribution in [-0.2, 0) is 25.3 Å². The number of nitriles is 1. The summed E-state index contributed by atoms with van der Waals surface area (Å²) < 4.78 is 85.5. The van der Waals surface area contributed by atoms with Crippen LogP contribution in [0.1, 0.15) is 40.9 Å². The van der Waals surface area contributed by atoms with Crippen molar-refractivity contribution in [3.8, 4) is 17.5 Å². The molecule has 3 heterocycles. The van der Waals surface area contributed by atoms with Crippen LogP contribution in [0.15, 0.2) is 35.1 Å². The van der Waals surface area contributed by atoms with Gasteiger partial charge >= 0.3 is 12.4 Å². The maximum absolute atomic E-state index is 13.8. The zero-order chi connectivity index (χ0) is 24.3. The number of benzene rings is 1. The Bertz CT molecular complexity index is 1290. The lowest BCUT2D eigenvalue weighted by atomic mass is 9.97. The molecule has 0 amide bonds. The maximum Gasteiger partial charge on any atom is 0.418 e. The lowest BCUT2D eigenvalue weighted by Gasteiger charge is -2.26. The molecule has 2 aliphatic rings. The molecule has 6 nitrogen and oxygen atoms in total. The number of aromatic nitrogens is 3. The van der Waals surface area contributed by atoms with Crippen LogP contribution in [0.5, 0.6) is 0 Å². The van der Waals surface area contributed by atoms with Crippen molar-refractivity contribution >= 4 is 5.69 Å². The fourth-order valence-electron chi connectivity index (χ4n) is 4.43. The minimum atomic E-state index is -4.68. The molecular weight excluding hydrogens is 464 g/mol. The topological polar surface area (TPSA) is 78.8 Å². The first-order chi connectivity index (χ1) is 16.1. The second-order valence-corrected chi connectivity index (χ2v) is 8.31. The van der Waals surface area contributed by atoms with Gasteiger partial charge in [0.25, 0.3) is 5.89 Å². The van der Waals surface area contributed by atoms with E-state index in [4.69, 9.17) is 4.52 Å². The van der Waals surface area contributed by atoms with Crippen molar-refractivity contribution in [2.75, 3.05) is 4.90 Å². The summed E-state index contributed by atoms with van der Waals surface area (Å²) in [6, 6.07) is 4.87. The summed E-state index contributed by atoms with van der Waals surface area (Å²) in [6.07, 6.45) is -5.58. The molecule has 0 bridgehead atoms. The van der Waals surface area contributed by atoms with Crippen molar-refractivity contribution in [1.29, 1.82) is 5.26 Å². The van der Waals surface area contributed by atoms with Gasteiger partial charge in [-0.15, -0.1) is 0 Å². The molecule has 12 heteroatoms. The monoisotopic (exact) mass is 479 g/mol. The molecule has 1 fully saturated rings. The lowest BCUT2D eigenvalue weighted by Crippen LogP contribution is -2.33. The first-order valence-corrected chi connectivity index (χ1v) is 10.3. The van der Waals surface area contributed by atoms with Crippen molar-refractivity contribution < 1.29 is 30.9 Å². The second-order valence-electron chi connectivity index (χ2n) is 8.31. The van der Waals surface area contributed by atoms with Gasteiger partial charge in [0.15, 0.2) is 5.82 Å². The van der Waals surface area contributed by atoms with Crippen molar-refractivity contribution in [2.24, 2.45) is 5.92 Å². The third kappa shape index (κ3) is 3.95. The Morgan fingerprint density at radius 3 is 2.50 bits per heavy atom. The Labute approximate surface area is 188 Å². The molecule has 1 atom stereocenters. The molecule has 1 aliphatic carbocycles. The predicted molar refractivity (Wildman–Crippen MR) is 105 cm³/mol. The van der Waals surface area contributed by atoms with Gasteiger partial charge < -0.3 is 9.42 Å². The zero-order valence-corrected chi connectivity index (χ0v) is 17.3. The number of hydrogen-bond acceptors (Lipinski definition) is 6. The van der Waals surface area contributed by atoms with Crippen LogP contribution >= 0.6 is 0 Å². The number of alkyl halides is 6. The lowest BCUT2D eigenvalue weighted by molar-refractivity contribution is -0.138. The van der Waals surface area contributed by atoms with Crippen LogP contribution in [-0.4, -0.2) is 21.2 Å². The van der Waals surface area contributed by atoms with Gasteiger partial charge in [-0.1, -0.05) is 5.16 Å². The third-order valence-corrected chi connectivity index (χ3v) is 6.07. The largest absolute Gasteiger partial charge is 0.418 e. The van der Waals surface area contributed by atoms with Gasteiger partial charge in [-0.25, -0.2) is 0 Å². The van der Waals surface area contributed by atoms with Crippen molar-refractivity contribution in [1.82, 2.24) is 15.1 Å². The van der Waals surface area contributed by atoms with E-state index in [0.717, 1.165) is 31.2 Å². The van der Waals surface area contributed by atoms with E-state index in [1.54, 1.807) is 11.0 Å². The second kappa shape index (κ2) is 7.72. The smallest absolute Gasteiger partial charge is 0.360 e. The standard InChI is InChI=1S/C22H15F6N5O/c23-21(24,25)14-5-13(8-30-9-14)20-31-18(32-34-20)10-33-16-4-3-12(7-29)19(22(26,27)28)15(16)6-17(33)11-1-2-11/h3-5,8-9,11,17H,1-2,6,10H2. The van der Waals surface area contributed by atoms with Crippen LogP contribution in [0.3, 0.4) is 0 Å².